The number of amides is 1. The Morgan fingerprint density at radius 2 is 1.79 bits per heavy atom. The van der Waals surface area contributed by atoms with Gasteiger partial charge >= 0.3 is 29.6 Å². The summed E-state index contributed by atoms with van der Waals surface area (Å²) in [6.07, 6.45) is 1.82. The molecule has 0 bridgehead atoms. The second kappa shape index (κ2) is 12.5. The number of fused-ring (bicyclic) bond motifs is 1. The molecule has 0 saturated carbocycles. The molecule has 0 spiro atoms. The number of rotatable bonds is 4. The molecule has 164 valence electrons. The zero-order chi connectivity index (χ0) is 23.1. The number of aliphatic carboxylic acids is 1. The summed E-state index contributed by atoms with van der Waals surface area (Å²) in [7, 11) is 3.25. The van der Waals surface area contributed by atoms with E-state index in [0.29, 0.717) is 15.8 Å². The van der Waals surface area contributed by atoms with Gasteiger partial charge in [-0.05, 0) is 47.1 Å². The fourth-order valence-electron chi connectivity index (χ4n) is 2.95. The largest absolute Gasteiger partial charge is 1.00 e. The Hall–Kier alpha value is -2.78. The fourth-order valence-corrected chi connectivity index (χ4v) is 3.79. The normalized spacial score (nSPS) is 14.8. The molecule has 1 heterocycles. The van der Waals surface area contributed by atoms with Crippen LogP contribution in [0.1, 0.15) is 12.5 Å². The van der Waals surface area contributed by atoms with Gasteiger partial charge in [-0.25, -0.2) is 0 Å². The maximum Gasteiger partial charge on any atom is 1.00 e. The molecule has 3 aromatic carbocycles. The van der Waals surface area contributed by atoms with Crippen molar-refractivity contribution in [2.75, 3.05) is 14.2 Å². The Labute approximate surface area is 218 Å². The van der Waals surface area contributed by atoms with Crippen LogP contribution in [-0.2, 0) is 9.59 Å². The number of amidine groups is 1. The molecular formula is C24H21N2NaO5S. The summed E-state index contributed by atoms with van der Waals surface area (Å²) in [4.78, 5) is 26.4. The molecule has 1 aliphatic heterocycles. The van der Waals surface area contributed by atoms with E-state index in [9.17, 15) is 4.79 Å². The van der Waals surface area contributed by atoms with Crippen molar-refractivity contribution < 1.29 is 53.7 Å². The van der Waals surface area contributed by atoms with E-state index in [0.717, 1.165) is 34.7 Å². The summed E-state index contributed by atoms with van der Waals surface area (Å²) in [5, 5.41) is 12.7. The van der Waals surface area contributed by atoms with Gasteiger partial charge in [0.1, 0.15) is 11.5 Å². The summed E-state index contributed by atoms with van der Waals surface area (Å²) in [6.45, 7) is 1.08. The molecule has 0 aliphatic carbocycles. The van der Waals surface area contributed by atoms with Gasteiger partial charge in [-0.1, -0.05) is 12.1 Å². The first kappa shape index (κ1) is 26.5. The van der Waals surface area contributed by atoms with E-state index < -0.39 is 5.97 Å². The van der Waals surface area contributed by atoms with Crippen molar-refractivity contribution in [2.24, 2.45) is 4.99 Å². The molecule has 1 amide bonds. The van der Waals surface area contributed by atoms with Crippen LogP contribution in [0.25, 0.3) is 16.8 Å². The molecule has 9 heteroatoms. The number of benzene rings is 3. The maximum absolute atomic E-state index is 12.4. The van der Waals surface area contributed by atoms with E-state index >= 15 is 0 Å². The van der Waals surface area contributed by atoms with Crippen LogP contribution in [0.2, 0.25) is 0 Å². The first-order valence-corrected chi connectivity index (χ1v) is 10.3. The number of thioether (sulfide) groups is 1. The number of nitrogens with one attached hydrogen (secondary N) is 1. The molecule has 1 fully saturated rings. The number of aliphatic imine (C=N–C) groups is 1. The first-order valence-electron chi connectivity index (χ1n) is 9.51. The van der Waals surface area contributed by atoms with Crippen LogP contribution in [0, 0.1) is 6.07 Å². The number of methoxy groups -OCH3 is 2. The Kier molecular flexibility index (Phi) is 9.99. The molecule has 1 saturated heterocycles. The molecular weight excluding hydrogens is 451 g/mol. The Morgan fingerprint density at radius 1 is 1.12 bits per heavy atom. The molecule has 33 heavy (non-hydrogen) atoms. The minimum absolute atomic E-state index is 0. The standard InChI is InChI=1S/C22H17N2O3S.C2H4O2.Na/c1-26-18-10-6-7-14-11-15(19(27-2)13-17(14)18)12-20-21(25)24-22(28-20)23-16-8-4-3-5-9-16;1-2(3)4;/h4-13H,1-2H3,(H,23,24,25);1H3,(H,3,4);/q-1;;+1/b20-12+;;. The van der Waals surface area contributed by atoms with Crippen molar-refractivity contribution in [1.29, 1.82) is 0 Å². The average molecular weight is 472 g/mol. The van der Waals surface area contributed by atoms with Gasteiger partial charge in [0.25, 0.3) is 11.9 Å². The van der Waals surface area contributed by atoms with Crippen LogP contribution in [0.4, 0.5) is 5.69 Å². The van der Waals surface area contributed by atoms with Gasteiger partial charge in [0.2, 0.25) is 0 Å². The second-order valence-corrected chi connectivity index (χ2v) is 7.57. The van der Waals surface area contributed by atoms with Gasteiger partial charge in [-0.2, -0.15) is 18.2 Å². The fraction of sp³-hybridized carbons (Fsp3) is 0.125. The number of carboxylic acid groups (broad SMARTS) is 1. The van der Waals surface area contributed by atoms with Crippen LogP contribution in [0.3, 0.4) is 0 Å². The molecule has 0 atom stereocenters. The number of carbonyl (C=O) groups excluding carboxylic acids is 1. The number of carbonyl (C=O) groups is 2. The quantitative estimate of drug-likeness (QED) is 0.341. The predicted octanol–water partition coefficient (Wildman–Crippen LogP) is 1.64. The van der Waals surface area contributed by atoms with Gasteiger partial charge in [-0.15, -0.1) is 12.1 Å². The minimum Gasteiger partial charge on any atom is -0.496 e. The monoisotopic (exact) mass is 472 g/mol. The van der Waals surface area contributed by atoms with E-state index in [1.807, 2.05) is 48.5 Å². The molecule has 0 aromatic heterocycles. The van der Waals surface area contributed by atoms with Crippen molar-refractivity contribution in [2.45, 2.75) is 6.92 Å². The SMILES string of the molecule is CC(=O)O.COc1cc2c(OC)cccc2cc1/C=C1/SC(=Nc2cc[c-]cc2)NC1=O.[Na+]. The average Bonchev–Trinajstić information content (AvgIpc) is 3.11. The van der Waals surface area contributed by atoms with E-state index in [-0.39, 0.29) is 35.5 Å². The third kappa shape index (κ3) is 7.10. The van der Waals surface area contributed by atoms with Gasteiger partial charge in [0.05, 0.1) is 19.1 Å². The molecule has 1 aliphatic rings. The molecule has 0 radical (unpaired) electrons. The Bertz CT molecular complexity index is 1210. The van der Waals surface area contributed by atoms with E-state index in [1.54, 1.807) is 26.4 Å². The van der Waals surface area contributed by atoms with Crippen LogP contribution in [0.15, 0.2) is 64.5 Å². The second-order valence-electron chi connectivity index (χ2n) is 6.53. The van der Waals surface area contributed by atoms with Crippen LogP contribution in [0.5, 0.6) is 11.5 Å². The van der Waals surface area contributed by atoms with Crippen LogP contribution in [-0.4, -0.2) is 36.4 Å². The van der Waals surface area contributed by atoms with Crippen LogP contribution >= 0.6 is 11.8 Å². The summed E-state index contributed by atoms with van der Waals surface area (Å²) < 4.78 is 11.0. The molecule has 4 rings (SSSR count). The number of hydrogen-bond acceptors (Lipinski definition) is 6. The van der Waals surface area contributed by atoms with Crippen LogP contribution < -0.4 is 44.3 Å². The molecule has 7 nitrogen and oxygen atoms in total. The predicted molar refractivity (Wildman–Crippen MR) is 126 cm³/mol. The summed E-state index contributed by atoms with van der Waals surface area (Å²) in [6, 6.07) is 19.9. The Morgan fingerprint density at radius 3 is 2.42 bits per heavy atom. The topological polar surface area (TPSA) is 97.2 Å². The zero-order valence-electron chi connectivity index (χ0n) is 18.7. The van der Waals surface area contributed by atoms with Gasteiger partial charge in [-0.3, -0.25) is 14.6 Å². The molecule has 0 unspecified atom stereocenters. The van der Waals surface area contributed by atoms with Crippen molar-refractivity contribution in [3.05, 3.63) is 71.1 Å². The number of ether oxygens (including phenoxy) is 2. The summed E-state index contributed by atoms with van der Waals surface area (Å²) in [5.74, 6) is 0.429. The van der Waals surface area contributed by atoms with Gasteiger partial charge in [0, 0.05) is 17.9 Å². The first-order chi connectivity index (χ1) is 15.4. The van der Waals surface area contributed by atoms with Gasteiger partial charge in [0.15, 0.2) is 5.17 Å². The molecule has 3 aromatic rings. The third-order valence-electron chi connectivity index (χ3n) is 4.28. The number of hydrogen-bond donors (Lipinski definition) is 2. The Balaban J connectivity index is 0.000000714. The third-order valence-corrected chi connectivity index (χ3v) is 5.19. The summed E-state index contributed by atoms with van der Waals surface area (Å²) in [5.41, 5.74) is 1.58. The minimum atomic E-state index is -0.833. The van der Waals surface area contributed by atoms with E-state index in [1.165, 1.54) is 11.8 Å². The van der Waals surface area contributed by atoms with Gasteiger partial charge < -0.3 is 19.9 Å². The van der Waals surface area contributed by atoms with Crippen molar-refractivity contribution in [3.63, 3.8) is 0 Å². The number of nitrogens with zero attached hydrogens (tertiary/aromatic N) is 1. The van der Waals surface area contributed by atoms with Crippen molar-refractivity contribution in [1.82, 2.24) is 5.32 Å². The van der Waals surface area contributed by atoms with Crippen molar-refractivity contribution in [3.8, 4) is 11.5 Å². The maximum atomic E-state index is 12.4. The molecule has 2 N–H and O–H groups in total. The number of carboxylic acids is 1. The zero-order valence-corrected chi connectivity index (χ0v) is 21.5. The summed E-state index contributed by atoms with van der Waals surface area (Å²) >= 11 is 1.30. The van der Waals surface area contributed by atoms with E-state index in [2.05, 4.69) is 16.4 Å². The smallest absolute Gasteiger partial charge is 0.496 e. The van der Waals surface area contributed by atoms with E-state index in [4.69, 9.17) is 19.4 Å². The van der Waals surface area contributed by atoms with Crippen molar-refractivity contribution >= 4 is 51.3 Å².